The summed E-state index contributed by atoms with van der Waals surface area (Å²) in [7, 11) is 3.89. The molecule has 0 fully saturated rings. The van der Waals surface area contributed by atoms with Crippen molar-refractivity contribution in [1.82, 2.24) is 4.90 Å². The third kappa shape index (κ3) is 4.10. The van der Waals surface area contributed by atoms with E-state index in [1.54, 1.807) is 7.11 Å². The van der Waals surface area contributed by atoms with Gasteiger partial charge in [-0.05, 0) is 37.6 Å². The highest BCUT2D eigenvalue weighted by Gasteiger charge is 2.04. The summed E-state index contributed by atoms with van der Waals surface area (Å²) in [4.78, 5) is 2.34. The highest BCUT2D eigenvalue weighted by atomic mass is 16.5. The summed E-state index contributed by atoms with van der Waals surface area (Å²) < 4.78 is 5.39. The van der Waals surface area contributed by atoms with Crippen LogP contribution in [0.1, 0.15) is 16.7 Å². The number of rotatable bonds is 6. The van der Waals surface area contributed by atoms with E-state index in [4.69, 9.17) is 4.74 Å². The lowest BCUT2D eigenvalue weighted by atomic mass is 10.1. The molecular weight excluding hydrogens is 246 g/mol. The molecule has 2 rings (SSSR count). The van der Waals surface area contributed by atoms with Gasteiger partial charge in [0.2, 0.25) is 0 Å². The SMILES string of the molecule is COc1ccccc1CCN(C)Cc1ccc(C)cc1. The van der Waals surface area contributed by atoms with Crippen molar-refractivity contribution < 1.29 is 4.74 Å². The zero-order valence-electron chi connectivity index (χ0n) is 12.6. The molecule has 0 aliphatic heterocycles. The van der Waals surface area contributed by atoms with E-state index in [-0.39, 0.29) is 0 Å². The van der Waals surface area contributed by atoms with Gasteiger partial charge in [0.15, 0.2) is 0 Å². The van der Waals surface area contributed by atoms with Crippen LogP contribution in [0.2, 0.25) is 0 Å². The second-order valence-electron chi connectivity index (χ2n) is 5.29. The lowest BCUT2D eigenvalue weighted by Crippen LogP contribution is -2.20. The van der Waals surface area contributed by atoms with Crippen molar-refractivity contribution in [3.8, 4) is 5.75 Å². The summed E-state index contributed by atoms with van der Waals surface area (Å²) >= 11 is 0. The topological polar surface area (TPSA) is 12.5 Å². The maximum Gasteiger partial charge on any atom is 0.122 e. The van der Waals surface area contributed by atoms with Gasteiger partial charge in [-0.1, -0.05) is 48.0 Å². The van der Waals surface area contributed by atoms with Gasteiger partial charge in [-0.15, -0.1) is 0 Å². The van der Waals surface area contributed by atoms with Crippen LogP contribution in [0.15, 0.2) is 48.5 Å². The van der Waals surface area contributed by atoms with Gasteiger partial charge >= 0.3 is 0 Å². The molecule has 2 aromatic rings. The Hall–Kier alpha value is -1.80. The maximum absolute atomic E-state index is 5.39. The molecule has 0 radical (unpaired) electrons. The smallest absolute Gasteiger partial charge is 0.122 e. The first kappa shape index (κ1) is 14.6. The second-order valence-corrected chi connectivity index (χ2v) is 5.29. The molecule has 0 amide bonds. The van der Waals surface area contributed by atoms with Crippen molar-refractivity contribution in [2.24, 2.45) is 0 Å². The third-order valence-electron chi connectivity index (χ3n) is 3.53. The number of aryl methyl sites for hydroxylation is 1. The average Bonchev–Trinajstić information content (AvgIpc) is 2.48. The minimum absolute atomic E-state index is 0.982. The van der Waals surface area contributed by atoms with Gasteiger partial charge in [-0.25, -0.2) is 0 Å². The Labute approximate surface area is 122 Å². The minimum atomic E-state index is 0.982. The van der Waals surface area contributed by atoms with Crippen molar-refractivity contribution in [2.75, 3.05) is 20.7 Å². The number of ether oxygens (including phenoxy) is 1. The van der Waals surface area contributed by atoms with Crippen LogP contribution in [0.25, 0.3) is 0 Å². The Morgan fingerprint density at radius 2 is 1.70 bits per heavy atom. The molecule has 0 aliphatic rings. The van der Waals surface area contributed by atoms with Gasteiger partial charge in [0.05, 0.1) is 7.11 Å². The average molecular weight is 269 g/mol. The first-order valence-electron chi connectivity index (χ1n) is 7.05. The summed E-state index contributed by atoms with van der Waals surface area (Å²) in [6, 6.07) is 17.0. The van der Waals surface area contributed by atoms with Crippen LogP contribution in [0.5, 0.6) is 5.75 Å². The Bertz CT molecular complexity index is 533. The number of nitrogens with zero attached hydrogens (tertiary/aromatic N) is 1. The summed E-state index contributed by atoms with van der Waals surface area (Å²) in [6.07, 6.45) is 1.01. The van der Waals surface area contributed by atoms with E-state index in [1.807, 2.05) is 12.1 Å². The lowest BCUT2D eigenvalue weighted by molar-refractivity contribution is 0.328. The Balaban J connectivity index is 1.88. The highest BCUT2D eigenvalue weighted by molar-refractivity contribution is 5.33. The number of para-hydroxylation sites is 1. The Morgan fingerprint density at radius 1 is 1.00 bits per heavy atom. The molecule has 0 N–H and O–H groups in total. The molecule has 2 heteroatoms. The Morgan fingerprint density at radius 3 is 2.40 bits per heavy atom. The molecule has 0 aliphatic carbocycles. The number of methoxy groups -OCH3 is 1. The standard InChI is InChI=1S/C18H23NO/c1-15-8-10-16(11-9-15)14-19(2)13-12-17-6-4-5-7-18(17)20-3/h4-11H,12-14H2,1-3H3. The highest BCUT2D eigenvalue weighted by Crippen LogP contribution is 2.18. The first-order chi connectivity index (χ1) is 9.69. The molecule has 20 heavy (non-hydrogen) atoms. The van der Waals surface area contributed by atoms with Crippen LogP contribution >= 0.6 is 0 Å². The molecule has 0 bridgehead atoms. The van der Waals surface area contributed by atoms with Crippen LogP contribution in [0, 0.1) is 6.92 Å². The summed E-state index contributed by atoms with van der Waals surface area (Å²) in [5.74, 6) is 0.983. The van der Waals surface area contributed by atoms with Gasteiger partial charge in [0.1, 0.15) is 5.75 Å². The van der Waals surface area contributed by atoms with E-state index in [0.29, 0.717) is 0 Å². The van der Waals surface area contributed by atoms with Gasteiger partial charge in [-0.3, -0.25) is 0 Å². The molecule has 0 spiro atoms. The second kappa shape index (κ2) is 7.11. The molecule has 0 atom stereocenters. The van der Waals surface area contributed by atoms with Crippen molar-refractivity contribution in [3.05, 3.63) is 65.2 Å². The van der Waals surface area contributed by atoms with Crippen LogP contribution in [0.4, 0.5) is 0 Å². The number of benzene rings is 2. The zero-order valence-corrected chi connectivity index (χ0v) is 12.6. The molecule has 0 saturated heterocycles. The predicted octanol–water partition coefficient (Wildman–Crippen LogP) is 3.68. The van der Waals surface area contributed by atoms with Crippen molar-refractivity contribution >= 4 is 0 Å². The maximum atomic E-state index is 5.39. The monoisotopic (exact) mass is 269 g/mol. The van der Waals surface area contributed by atoms with Crippen LogP contribution in [0.3, 0.4) is 0 Å². The zero-order chi connectivity index (χ0) is 14.4. The van der Waals surface area contributed by atoms with Crippen LogP contribution < -0.4 is 4.74 Å². The predicted molar refractivity (Wildman–Crippen MR) is 84.2 cm³/mol. The van der Waals surface area contributed by atoms with E-state index in [2.05, 4.69) is 55.3 Å². The normalized spacial score (nSPS) is 10.8. The number of hydrogen-bond donors (Lipinski definition) is 0. The summed E-state index contributed by atoms with van der Waals surface area (Å²) in [5, 5.41) is 0. The molecule has 2 aromatic carbocycles. The third-order valence-corrected chi connectivity index (χ3v) is 3.53. The number of hydrogen-bond acceptors (Lipinski definition) is 2. The van der Waals surface area contributed by atoms with Crippen molar-refractivity contribution in [2.45, 2.75) is 19.9 Å². The number of likely N-dealkylation sites (N-methyl/N-ethyl adjacent to an activating group) is 1. The molecule has 0 unspecified atom stereocenters. The van der Waals surface area contributed by atoms with E-state index >= 15 is 0 Å². The minimum Gasteiger partial charge on any atom is -0.496 e. The van der Waals surface area contributed by atoms with Crippen molar-refractivity contribution in [1.29, 1.82) is 0 Å². The van der Waals surface area contributed by atoms with Gasteiger partial charge in [0.25, 0.3) is 0 Å². The Kier molecular flexibility index (Phi) is 5.19. The quantitative estimate of drug-likeness (QED) is 0.793. The molecule has 0 aromatic heterocycles. The lowest BCUT2D eigenvalue weighted by Gasteiger charge is -2.17. The molecular formula is C18H23NO. The fourth-order valence-electron chi connectivity index (χ4n) is 2.31. The fourth-order valence-corrected chi connectivity index (χ4v) is 2.31. The summed E-state index contributed by atoms with van der Waals surface area (Å²) in [6.45, 7) is 4.12. The van der Waals surface area contributed by atoms with E-state index in [0.717, 1.165) is 25.3 Å². The van der Waals surface area contributed by atoms with E-state index in [1.165, 1.54) is 16.7 Å². The van der Waals surface area contributed by atoms with Gasteiger partial charge in [-0.2, -0.15) is 0 Å². The van der Waals surface area contributed by atoms with Crippen LogP contribution in [-0.4, -0.2) is 25.6 Å². The first-order valence-corrected chi connectivity index (χ1v) is 7.05. The molecule has 0 heterocycles. The van der Waals surface area contributed by atoms with E-state index in [9.17, 15) is 0 Å². The van der Waals surface area contributed by atoms with E-state index < -0.39 is 0 Å². The largest absolute Gasteiger partial charge is 0.496 e. The van der Waals surface area contributed by atoms with Crippen molar-refractivity contribution in [3.63, 3.8) is 0 Å². The molecule has 2 nitrogen and oxygen atoms in total. The molecule has 0 saturated carbocycles. The van der Waals surface area contributed by atoms with Gasteiger partial charge < -0.3 is 9.64 Å². The summed E-state index contributed by atoms with van der Waals surface area (Å²) in [5.41, 5.74) is 3.94. The fraction of sp³-hybridized carbons (Fsp3) is 0.333. The van der Waals surface area contributed by atoms with Crippen LogP contribution in [-0.2, 0) is 13.0 Å². The van der Waals surface area contributed by atoms with Gasteiger partial charge in [0, 0.05) is 13.1 Å². The molecule has 106 valence electrons.